The summed E-state index contributed by atoms with van der Waals surface area (Å²) in [4.78, 5) is 4.63. The number of hydrogen-bond donors (Lipinski definition) is 0. The molecule has 0 aliphatic rings. The Hall–Kier alpha value is -3.20. The number of furan rings is 1. The second kappa shape index (κ2) is 5.90. The number of pyridine rings is 2. The van der Waals surface area contributed by atoms with Crippen LogP contribution in [-0.4, -0.2) is 4.98 Å². The van der Waals surface area contributed by atoms with Crippen molar-refractivity contribution >= 4 is 32.8 Å². The molecule has 138 valence electrons. The van der Waals surface area contributed by atoms with Crippen molar-refractivity contribution in [1.29, 1.82) is 0 Å². The van der Waals surface area contributed by atoms with Gasteiger partial charge in [0.2, 0.25) is 11.4 Å². The third-order valence-electron chi connectivity index (χ3n) is 5.89. The molecule has 0 aliphatic heterocycles. The van der Waals surface area contributed by atoms with Crippen LogP contribution in [0.25, 0.3) is 44.1 Å². The number of rotatable bonds is 1. The van der Waals surface area contributed by atoms with Crippen LogP contribution in [0, 0.1) is 27.7 Å². The first-order valence-electron chi connectivity index (χ1n) is 9.63. The van der Waals surface area contributed by atoms with E-state index in [0.717, 1.165) is 33.0 Å². The zero-order valence-electron chi connectivity index (χ0n) is 16.9. The van der Waals surface area contributed by atoms with E-state index in [0.29, 0.717) is 5.71 Å². The van der Waals surface area contributed by atoms with E-state index in [1.807, 2.05) is 6.20 Å². The number of benzene rings is 2. The Labute approximate surface area is 164 Å². The fraction of sp³-hybridized carbons (Fsp3) is 0.200. The minimum Gasteiger partial charge on any atom is -0.437 e. The molecule has 0 unspecified atom stereocenters. The lowest BCUT2D eigenvalue weighted by Gasteiger charge is -2.09. The quantitative estimate of drug-likeness (QED) is 0.347. The van der Waals surface area contributed by atoms with Gasteiger partial charge >= 0.3 is 0 Å². The van der Waals surface area contributed by atoms with Crippen molar-refractivity contribution < 1.29 is 8.98 Å². The summed E-state index contributed by atoms with van der Waals surface area (Å²) in [5.74, 6) is 0. The van der Waals surface area contributed by atoms with Gasteiger partial charge in [0.25, 0.3) is 0 Å². The van der Waals surface area contributed by atoms with E-state index < -0.39 is 0 Å². The summed E-state index contributed by atoms with van der Waals surface area (Å²) < 4.78 is 8.60. The van der Waals surface area contributed by atoms with Crippen LogP contribution in [0.1, 0.15) is 22.3 Å². The van der Waals surface area contributed by atoms with Gasteiger partial charge in [-0.2, -0.15) is 0 Å². The van der Waals surface area contributed by atoms with Crippen molar-refractivity contribution in [3.63, 3.8) is 0 Å². The SMILES string of the molecule is Cc1cc(-c2c(C)cc(C)c3c2oc2ncc4ccccc4c23)[n+](C)cc1C. The van der Waals surface area contributed by atoms with E-state index in [1.54, 1.807) is 0 Å². The Morgan fingerprint density at radius 3 is 2.46 bits per heavy atom. The fourth-order valence-corrected chi connectivity index (χ4v) is 4.38. The standard InChI is InChI=1S/C25H23N2O/c1-14-11-20(27(5)13-17(14)4)21-15(2)10-16(3)22-23-19-9-7-6-8-18(19)12-26-25(23)28-24(21)22/h6-13H,1-5H3/q+1. The van der Waals surface area contributed by atoms with Gasteiger partial charge in [-0.05, 0) is 49.8 Å². The highest BCUT2D eigenvalue weighted by atomic mass is 16.3. The van der Waals surface area contributed by atoms with Gasteiger partial charge in [0, 0.05) is 28.6 Å². The van der Waals surface area contributed by atoms with Gasteiger partial charge < -0.3 is 4.42 Å². The van der Waals surface area contributed by atoms with Crippen molar-refractivity contribution in [3.8, 4) is 11.3 Å². The third-order valence-corrected chi connectivity index (χ3v) is 5.89. The van der Waals surface area contributed by atoms with Gasteiger partial charge in [-0.1, -0.05) is 30.3 Å². The molecular formula is C25H23N2O+. The molecule has 5 aromatic rings. The maximum atomic E-state index is 6.41. The third kappa shape index (κ3) is 2.29. The number of aryl methyl sites for hydroxylation is 5. The van der Waals surface area contributed by atoms with Crippen LogP contribution in [-0.2, 0) is 7.05 Å². The van der Waals surface area contributed by atoms with E-state index in [4.69, 9.17) is 4.42 Å². The summed E-state index contributed by atoms with van der Waals surface area (Å²) >= 11 is 0. The highest BCUT2D eigenvalue weighted by molar-refractivity contribution is 6.20. The van der Waals surface area contributed by atoms with Crippen LogP contribution in [0.4, 0.5) is 0 Å². The van der Waals surface area contributed by atoms with Gasteiger partial charge in [-0.25, -0.2) is 9.55 Å². The van der Waals surface area contributed by atoms with Crippen LogP contribution >= 0.6 is 0 Å². The Kier molecular flexibility index (Phi) is 3.57. The van der Waals surface area contributed by atoms with E-state index in [9.17, 15) is 0 Å². The molecule has 0 fully saturated rings. The number of nitrogens with zero attached hydrogens (tertiary/aromatic N) is 2. The maximum Gasteiger partial charge on any atom is 0.227 e. The predicted octanol–water partition coefficient (Wildman–Crippen LogP) is 5.86. The van der Waals surface area contributed by atoms with E-state index in [2.05, 4.69) is 86.9 Å². The van der Waals surface area contributed by atoms with Crippen LogP contribution in [0.2, 0.25) is 0 Å². The van der Waals surface area contributed by atoms with Crippen LogP contribution in [0.3, 0.4) is 0 Å². The molecule has 0 bridgehead atoms. The largest absolute Gasteiger partial charge is 0.437 e. The van der Waals surface area contributed by atoms with Gasteiger partial charge in [0.1, 0.15) is 7.05 Å². The summed E-state index contributed by atoms with van der Waals surface area (Å²) in [7, 11) is 2.10. The monoisotopic (exact) mass is 367 g/mol. The molecule has 28 heavy (non-hydrogen) atoms. The molecule has 5 rings (SSSR count). The second-order valence-corrected chi connectivity index (χ2v) is 7.85. The molecule has 0 saturated heterocycles. The molecule has 3 heteroatoms. The van der Waals surface area contributed by atoms with Crippen molar-refractivity contribution in [2.45, 2.75) is 27.7 Å². The van der Waals surface area contributed by atoms with Gasteiger partial charge in [-0.3, -0.25) is 0 Å². The molecule has 0 atom stereocenters. The van der Waals surface area contributed by atoms with Gasteiger partial charge in [0.15, 0.2) is 11.8 Å². The number of aromatic nitrogens is 2. The maximum absolute atomic E-state index is 6.41. The molecule has 0 amide bonds. The Morgan fingerprint density at radius 1 is 0.857 bits per heavy atom. The van der Waals surface area contributed by atoms with Crippen LogP contribution in [0.5, 0.6) is 0 Å². The molecule has 3 nitrogen and oxygen atoms in total. The molecule has 3 heterocycles. The zero-order chi connectivity index (χ0) is 19.6. The second-order valence-electron chi connectivity index (χ2n) is 7.85. The minimum absolute atomic E-state index is 0.704. The molecule has 0 saturated carbocycles. The molecule has 0 aliphatic carbocycles. The molecular weight excluding hydrogens is 344 g/mol. The normalized spacial score (nSPS) is 11.8. The van der Waals surface area contributed by atoms with Gasteiger partial charge in [0.05, 0.1) is 10.9 Å². The first-order chi connectivity index (χ1) is 13.5. The number of fused-ring (bicyclic) bond motifs is 5. The van der Waals surface area contributed by atoms with Crippen molar-refractivity contribution in [2.75, 3.05) is 0 Å². The summed E-state index contributed by atoms with van der Waals surface area (Å²) in [6.07, 6.45) is 4.09. The van der Waals surface area contributed by atoms with Gasteiger partial charge in [-0.15, -0.1) is 0 Å². The summed E-state index contributed by atoms with van der Waals surface area (Å²) in [6, 6.07) is 12.9. The molecule has 0 radical (unpaired) electrons. The van der Waals surface area contributed by atoms with Crippen LogP contribution in [0.15, 0.2) is 53.2 Å². The average Bonchev–Trinajstić information content (AvgIpc) is 3.06. The van der Waals surface area contributed by atoms with Crippen LogP contribution < -0.4 is 4.57 Å². The Bertz CT molecular complexity index is 1410. The van der Waals surface area contributed by atoms with E-state index in [-0.39, 0.29) is 0 Å². The van der Waals surface area contributed by atoms with E-state index >= 15 is 0 Å². The molecule has 3 aromatic heterocycles. The topological polar surface area (TPSA) is 29.9 Å². The van der Waals surface area contributed by atoms with E-state index in [1.165, 1.54) is 27.6 Å². The van der Waals surface area contributed by atoms with Crippen molar-refractivity contribution in [1.82, 2.24) is 4.98 Å². The lowest BCUT2D eigenvalue weighted by atomic mass is 9.95. The van der Waals surface area contributed by atoms with Crippen molar-refractivity contribution in [2.24, 2.45) is 7.05 Å². The molecule has 0 N–H and O–H groups in total. The first-order valence-corrected chi connectivity index (χ1v) is 9.63. The molecule has 2 aromatic carbocycles. The molecule has 0 spiro atoms. The highest BCUT2D eigenvalue weighted by Crippen LogP contribution is 2.41. The lowest BCUT2D eigenvalue weighted by Crippen LogP contribution is -2.31. The number of hydrogen-bond acceptors (Lipinski definition) is 2. The minimum atomic E-state index is 0.704. The fourth-order valence-electron chi connectivity index (χ4n) is 4.38. The highest BCUT2D eigenvalue weighted by Gasteiger charge is 2.24. The first kappa shape index (κ1) is 16.9. The Balaban J connectivity index is 2.00. The summed E-state index contributed by atoms with van der Waals surface area (Å²) in [5, 5.41) is 4.60. The lowest BCUT2D eigenvalue weighted by molar-refractivity contribution is -0.660. The smallest absolute Gasteiger partial charge is 0.227 e. The summed E-state index contributed by atoms with van der Waals surface area (Å²) in [5.41, 5.74) is 8.94. The van der Waals surface area contributed by atoms with Crippen molar-refractivity contribution in [3.05, 3.63) is 71.0 Å². The Morgan fingerprint density at radius 2 is 1.64 bits per heavy atom. The zero-order valence-corrected chi connectivity index (χ0v) is 16.9. The average molecular weight is 367 g/mol. The summed E-state index contributed by atoms with van der Waals surface area (Å²) in [6.45, 7) is 8.63. The predicted molar refractivity (Wildman–Crippen MR) is 115 cm³/mol.